The van der Waals surface area contributed by atoms with E-state index in [0.717, 1.165) is 0 Å². The Balaban J connectivity index is 3.22. The zero-order chi connectivity index (χ0) is 13.7. The van der Waals surface area contributed by atoms with Gasteiger partial charge in [-0.2, -0.15) is 5.26 Å². The maximum atomic E-state index is 10.9. The first-order chi connectivity index (χ1) is 8.52. The van der Waals surface area contributed by atoms with Crippen LogP contribution in [-0.2, 0) is 0 Å². The lowest BCUT2D eigenvalue weighted by Gasteiger charge is -2.05. The van der Waals surface area contributed by atoms with Gasteiger partial charge in [0.15, 0.2) is 11.3 Å². The molecule has 0 saturated heterocycles. The number of aromatic nitrogens is 1. The van der Waals surface area contributed by atoms with Crippen LogP contribution in [0.4, 0.5) is 11.5 Å². The number of aryl methyl sites for hydroxylation is 1. The van der Waals surface area contributed by atoms with Gasteiger partial charge in [-0.25, -0.2) is 4.98 Å². The Bertz CT molecular complexity index is 508. The van der Waals surface area contributed by atoms with Crippen molar-refractivity contribution in [2.45, 2.75) is 20.3 Å². The van der Waals surface area contributed by atoms with Crippen molar-refractivity contribution in [3.63, 3.8) is 0 Å². The highest BCUT2D eigenvalue weighted by Gasteiger charge is 2.26. The van der Waals surface area contributed by atoms with E-state index < -0.39 is 4.92 Å². The van der Waals surface area contributed by atoms with E-state index in [9.17, 15) is 10.1 Å². The standard InChI is InChI=1S/C11H14N4O3/c1-7-9(6-12)11(13-4-3-5-16)14-8(2)10(7)15(17)18/h16H,3-5H2,1-2H3,(H,13,14)/p+1. The van der Waals surface area contributed by atoms with Crippen LogP contribution >= 0.6 is 0 Å². The molecule has 0 fully saturated rings. The van der Waals surface area contributed by atoms with Gasteiger partial charge in [-0.15, -0.1) is 0 Å². The number of hydrogen-bond donors (Lipinski definition) is 2. The molecule has 0 aliphatic carbocycles. The molecule has 1 aromatic heterocycles. The third-order valence-electron chi connectivity index (χ3n) is 2.58. The van der Waals surface area contributed by atoms with Gasteiger partial charge in [0.1, 0.15) is 6.07 Å². The van der Waals surface area contributed by atoms with Crippen LogP contribution in [0.5, 0.6) is 0 Å². The van der Waals surface area contributed by atoms with E-state index in [2.05, 4.69) is 10.3 Å². The van der Waals surface area contributed by atoms with Gasteiger partial charge in [-0.05, 0) is 6.92 Å². The molecule has 0 unspecified atom stereocenters. The average molecular weight is 251 g/mol. The van der Waals surface area contributed by atoms with Crippen LogP contribution in [0, 0.1) is 35.3 Å². The molecule has 0 amide bonds. The molecule has 1 aromatic rings. The first kappa shape index (κ1) is 13.9. The first-order valence-electron chi connectivity index (χ1n) is 5.48. The summed E-state index contributed by atoms with van der Waals surface area (Å²) in [6.45, 7) is 3.66. The maximum Gasteiger partial charge on any atom is 0.315 e. The molecule has 0 bridgehead atoms. The molecule has 7 nitrogen and oxygen atoms in total. The fourth-order valence-corrected chi connectivity index (χ4v) is 1.73. The number of aromatic amines is 1. The van der Waals surface area contributed by atoms with Crippen LogP contribution in [0.25, 0.3) is 0 Å². The fourth-order valence-electron chi connectivity index (χ4n) is 1.73. The number of nitriles is 1. The molecule has 0 aliphatic rings. The topological polar surface area (TPSA) is 113 Å². The van der Waals surface area contributed by atoms with Crippen molar-refractivity contribution >= 4 is 11.5 Å². The molecule has 0 radical (unpaired) electrons. The molecule has 7 heteroatoms. The van der Waals surface area contributed by atoms with Crippen LogP contribution in [0.15, 0.2) is 0 Å². The lowest BCUT2D eigenvalue weighted by Crippen LogP contribution is -2.22. The third kappa shape index (κ3) is 2.73. The smallest absolute Gasteiger partial charge is 0.315 e. The molecule has 0 saturated carbocycles. The summed E-state index contributed by atoms with van der Waals surface area (Å²) in [7, 11) is 0. The highest BCUT2D eigenvalue weighted by Crippen LogP contribution is 2.25. The highest BCUT2D eigenvalue weighted by molar-refractivity contribution is 5.59. The monoisotopic (exact) mass is 251 g/mol. The van der Waals surface area contributed by atoms with Gasteiger partial charge in [-0.1, -0.05) is 0 Å². The van der Waals surface area contributed by atoms with E-state index >= 15 is 0 Å². The summed E-state index contributed by atoms with van der Waals surface area (Å²) in [4.78, 5) is 13.2. The number of nitrogens with zero attached hydrogens (tertiary/aromatic N) is 2. The van der Waals surface area contributed by atoms with Crippen molar-refractivity contribution in [3.8, 4) is 6.07 Å². The summed E-state index contributed by atoms with van der Waals surface area (Å²) < 4.78 is 0. The number of hydrogen-bond acceptors (Lipinski definition) is 5. The number of aliphatic hydroxyl groups excluding tert-OH is 1. The second-order valence-corrected chi connectivity index (χ2v) is 3.85. The van der Waals surface area contributed by atoms with Crippen LogP contribution in [0.2, 0.25) is 0 Å². The second kappa shape index (κ2) is 5.93. The predicted octanol–water partition coefficient (Wildman–Crippen LogP) is 0.692. The highest BCUT2D eigenvalue weighted by atomic mass is 16.6. The molecule has 18 heavy (non-hydrogen) atoms. The zero-order valence-electron chi connectivity index (χ0n) is 10.3. The van der Waals surface area contributed by atoms with Gasteiger partial charge in [0.05, 0.1) is 17.0 Å². The van der Waals surface area contributed by atoms with E-state index in [1.54, 1.807) is 13.8 Å². The summed E-state index contributed by atoms with van der Waals surface area (Å²) in [5, 5.41) is 31.6. The maximum absolute atomic E-state index is 10.9. The average Bonchev–Trinajstić information content (AvgIpc) is 2.28. The molecule has 0 spiro atoms. The Hall–Kier alpha value is -2.20. The van der Waals surface area contributed by atoms with Gasteiger partial charge in [-0.3, -0.25) is 15.4 Å². The summed E-state index contributed by atoms with van der Waals surface area (Å²) in [6.07, 6.45) is 0.536. The van der Waals surface area contributed by atoms with Gasteiger partial charge in [0.2, 0.25) is 0 Å². The Kier molecular flexibility index (Phi) is 4.57. The molecule has 3 N–H and O–H groups in total. The van der Waals surface area contributed by atoms with Crippen LogP contribution in [0.1, 0.15) is 23.2 Å². The Labute approximate surface area is 104 Å². The van der Waals surface area contributed by atoms with Crippen molar-refractivity contribution in [2.24, 2.45) is 0 Å². The van der Waals surface area contributed by atoms with Crippen LogP contribution < -0.4 is 10.3 Å². The Morgan fingerprint density at radius 2 is 2.22 bits per heavy atom. The predicted molar refractivity (Wildman–Crippen MR) is 64.0 cm³/mol. The lowest BCUT2D eigenvalue weighted by atomic mass is 10.1. The molecular formula is C11H15N4O3+. The molecule has 1 heterocycles. The summed E-state index contributed by atoms with van der Waals surface area (Å²) >= 11 is 0. The molecule has 96 valence electrons. The first-order valence-corrected chi connectivity index (χ1v) is 5.48. The normalized spacial score (nSPS) is 9.89. The molecule has 0 aliphatic heterocycles. The Morgan fingerprint density at radius 3 is 2.72 bits per heavy atom. The van der Waals surface area contributed by atoms with Gasteiger partial charge in [0.25, 0.3) is 5.82 Å². The van der Waals surface area contributed by atoms with Crippen molar-refractivity contribution in [2.75, 3.05) is 18.5 Å². The number of H-pyrrole nitrogens is 1. The van der Waals surface area contributed by atoms with Gasteiger partial charge >= 0.3 is 5.69 Å². The van der Waals surface area contributed by atoms with Crippen LogP contribution in [0.3, 0.4) is 0 Å². The number of rotatable bonds is 5. The SMILES string of the molecule is Cc1[nH+]c(NCCCO)c(C#N)c(C)c1[N+](=O)[O-]. The van der Waals surface area contributed by atoms with Gasteiger partial charge in [0, 0.05) is 20.0 Å². The fraction of sp³-hybridized carbons (Fsp3) is 0.455. The number of nitrogens with one attached hydrogen (secondary N) is 2. The van der Waals surface area contributed by atoms with E-state index in [1.807, 2.05) is 6.07 Å². The lowest BCUT2D eigenvalue weighted by molar-refractivity contribution is -0.419. The minimum atomic E-state index is -0.500. The number of aliphatic hydroxyl groups is 1. The second-order valence-electron chi connectivity index (χ2n) is 3.85. The summed E-state index contributed by atoms with van der Waals surface area (Å²) in [5.41, 5.74) is 0.887. The van der Waals surface area contributed by atoms with Crippen molar-refractivity contribution in [1.29, 1.82) is 5.26 Å². The van der Waals surface area contributed by atoms with Gasteiger partial charge < -0.3 is 5.11 Å². The van der Waals surface area contributed by atoms with E-state index in [4.69, 9.17) is 10.4 Å². The zero-order valence-corrected chi connectivity index (χ0v) is 10.3. The molecule has 0 aromatic carbocycles. The quantitative estimate of drug-likeness (QED) is 0.454. The Morgan fingerprint density at radius 1 is 1.56 bits per heavy atom. The van der Waals surface area contributed by atoms with E-state index in [-0.39, 0.29) is 17.9 Å². The molecule has 0 atom stereocenters. The largest absolute Gasteiger partial charge is 0.396 e. The van der Waals surface area contributed by atoms with E-state index in [0.29, 0.717) is 30.0 Å². The number of nitro groups is 1. The number of pyridine rings is 1. The number of anilines is 1. The summed E-state index contributed by atoms with van der Waals surface area (Å²) in [6, 6.07) is 1.95. The molecule has 1 rings (SSSR count). The van der Waals surface area contributed by atoms with E-state index in [1.165, 1.54) is 0 Å². The minimum Gasteiger partial charge on any atom is -0.396 e. The van der Waals surface area contributed by atoms with Crippen molar-refractivity contribution in [1.82, 2.24) is 0 Å². The summed E-state index contributed by atoms with van der Waals surface area (Å²) in [5.74, 6) is 0.451. The van der Waals surface area contributed by atoms with Crippen LogP contribution in [-0.4, -0.2) is 23.2 Å². The molecular weight excluding hydrogens is 236 g/mol. The van der Waals surface area contributed by atoms with Crippen molar-refractivity contribution < 1.29 is 15.0 Å². The van der Waals surface area contributed by atoms with Crippen molar-refractivity contribution in [3.05, 3.63) is 26.9 Å². The third-order valence-corrected chi connectivity index (χ3v) is 2.58. The minimum absolute atomic E-state index is 0.0415.